The molecule has 0 unspecified atom stereocenters. The highest BCUT2D eigenvalue weighted by atomic mass is 33.5. The summed E-state index contributed by atoms with van der Waals surface area (Å²) in [6.45, 7) is 0. The van der Waals surface area contributed by atoms with E-state index in [1.54, 1.807) is 18.2 Å². The normalized spacial score (nSPS) is 11.1. The van der Waals surface area contributed by atoms with E-state index in [4.69, 9.17) is 0 Å². The van der Waals surface area contributed by atoms with E-state index in [2.05, 4.69) is 21.4 Å². The Morgan fingerprint density at radius 3 is 2.75 bits per heavy atom. The molecule has 0 radical (unpaired) electrons. The molecule has 0 aliphatic carbocycles. The molecule has 0 saturated carbocycles. The number of aromatic nitrogens is 1. The van der Waals surface area contributed by atoms with Crippen LogP contribution in [0.1, 0.15) is 0 Å². The van der Waals surface area contributed by atoms with E-state index < -0.39 is 9.06 Å². The van der Waals surface area contributed by atoms with Gasteiger partial charge in [0.15, 0.2) is 0 Å². The van der Waals surface area contributed by atoms with Crippen LogP contribution in [0.3, 0.4) is 0 Å². The van der Waals surface area contributed by atoms with Crippen molar-refractivity contribution in [1.29, 1.82) is 0 Å². The van der Waals surface area contributed by atoms with Gasteiger partial charge in [-0.25, -0.2) is 4.98 Å². The molecule has 1 rings (SSSR count). The lowest BCUT2D eigenvalue weighted by Gasteiger charge is -2.01. The Labute approximate surface area is 79.0 Å². The van der Waals surface area contributed by atoms with Crippen LogP contribution < -0.4 is 4.72 Å². The van der Waals surface area contributed by atoms with E-state index in [1.165, 1.54) is 6.20 Å². The zero-order chi connectivity index (χ0) is 9.03. The van der Waals surface area contributed by atoms with Gasteiger partial charge in [0.2, 0.25) is 0 Å². The van der Waals surface area contributed by atoms with E-state index in [0.29, 0.717) is 15.6 Å². The van der Waals surface area contributed by atoms with Crippen LogP contribution in [0.15, 0.2) is 24.4 Å². The smallest absolute Gasteiger partial charge is 0.258 e. The average Bonchev–Trinajstić information content (AvgIpc) is 2.06. The molecule has 66 valence electrons. The second-order valence-corrected chi connectivity index (χ2v) is 6.21. The van der Waals surface area contributed by atoms with E-state index in [-0.39, 0.29) is 0 Å². The summed E-state index contributed by atoms with van der Waals surface area (Å²) in [5.74, 6) is 0.291. The number of hydrogen-bond acceptors (Lipinski definition) is 5. The lowest BCUT2D eigenvalue weighted by atomic mass is 10.5. The highest BCUT2D eigenvalue weighted by Gasteiger charge is 2.07. The number of thiol groups is 1. The lowest BCUT2D eigenvalue weighted by Crippen LogP contribution is -2.06. The fraction of sp³-hybridized carbons (Fsp3) is 0. The van der Waals surface area contributed by atoms with Crippen LogP contribution in [0, 0.1) is 0 Å². The fourth-order valence-electron chi connectivity index (χ4n) is 0.570. The largest absolute Gasteiger partial charge is 0.297 e. The van der Waals surface area contributed by atoms with Crippen LogP contribution in [-0.4, -0.2) is 13.4 Å². The summed E-state index contributed by atoms with van der Waals surface area (Å²) < 4.78 is 24.0. The van der Waals surface area contributed by atoms with Gasteiger partial charge in [0.1, 0.15) is 5.82 Å². The first-order chi connectivity index (χ1) is 5.64. The second kappa shape index (κ2) is 4.01. The third-order valence-corrected chi connectivity index (χ3v) is 4.25. The zero-order valence-corrected chi connectivity index (χ0v) is 8.36. The Hall–Kier alpha value is -0.400. The maximum Gasteiger partial charge on any atom is 0.297 e. The molecule has 0 spiro atoms. The molecular weight excluding hydrogens is 216 g/mol. The topological polar surface area (TPSA) is 59.1 Å². The standard InChI is InChI=1S/C5H6N2O2S3/c8-12(9,11-10)7-5-3-1-2-4-6-5/h1-4,10H,(H,6,7). The van der Waals surface area contributed by atoms with E-state index in [1.807, 2.05) is 0 Å². The molecule has 0 aromatic carbocycles. The molecule has 0 saturated heterocycles. The van der Waals surface area contributed by atoms with Crippen molar-refractivity contribution >= 4 is 36.4 Å². The summed E-state index contributed by atoms with van der Waals surface area (Å²) in [5.41, 5.74) is 0. The van der Waals surface area contributed by atoms with Crippen molar-refractivity contribution < 1.29 is 8.42 Å². The van der Waals surface area contributed by atoms with Crippen molar-refractivity contribution in [3.8, 4) is 0 Å². The quantitative estimate of drug-likeness (QED) is 0.598. The van der Waals surface area contributed by atoms with Crippen molar-refractivity contribution in [2.45, 2.75) is 0 Å². The molecule has 0 aliphatic rings. The Balaban J connectivity index is 2.78. The van der Waals surface area contributed by atoms with Gasteiger partial charge in [-0.2, -0.15) is 8.42 Å². The predicted octanol–water partition coefficient (Wildman–Crippen LogP) is 1.32. The number of rotatable bonds is 3. The Kier molecular flexibility index (Phi) is 3.24. The molecule has 7 heteroatoms. The molecule has 0 bridgehead atoms. The molecule has 4 nitrogen and oxygen atoms in total. The summed E-state index contributed by atoms with van der Waals surface area (Å²) in [7, 11) is -2.97. The number of hydrogen-bond donors (Lipinski definition) is 2. The van der Waals surface area contributed by atoms with Gasteiger partial charge in [-0.1, -0.05) is 17.7 Å². The summed E-state index contributed by atoms with van der Waals surface area (Å²) in [4.78, 5) is 3.77. The van der Waals surface area contributed by atoms with E-state index >= 15 is 0 Å². The number of anilines is 1. The number of nitrogens with one attached hydrogen (secondary N) is 1. The molecule has 1 aromatic rings. The summed E-state index contributed by atoms with van der Waals surface area (Å²) in [6, 6.07) is 4.95. The molecule has 1 N–H and O–H groups in total. The third kappa shape index (κ3) is 2.92. The van der Waals surface area contributed by atoms with E-state index in [9.17, 15) is 8.42 Å². The first kappa shape index (κ1) is 9.69. The Morgan fingerprint density at radius 2 is 2.25 bits per heavy atom. The van der Waals surface area contributed by atoms with Gasteiger partial charge in [-0.05, 0) is 12.1 Å². The van der Waals surface area contributed by atoms with Crippen LogP contribution in [0.2, 0.25) is 0 Å². The van der Waals surface area contributed by atoms with Gasteiger partial charge in [-0.3, -0.25) is 4.72 Å². The Bertz CT molecular complexity index is 337. The SMILES string of the molecule is O=S(=O)(Nc1ccccn1)SS. The van der Waals surface area contributed by atoms with Crippen LogP contribution >= 0.6 is 21.5 Å². The minimum Gasteiger partial charge on any atom is -0.258 e. The first-order valence-corrected chi connectivity index (χ1v) is 6.78. The maximum absolute atomic E-state index is 10.9. The van der Waals surface area contributed by atoms with E-state index in [0.717, 1.165) is 0 Å². The van der Waals surface area contributed by atoms with Crippen molar-refractivity contribution in [1.82, 2.24) is 4.98 Å². The van der Waals surface area contributed by atoms with Gasteiger partial charge in [-0.15, -0.1) is 0 Å². The van der Waals surface area contributed by atoms with Crippen molar-refractivity contribution in [2.75, 3.05) is 4.72 Å². The van der Waals surface area contributed by atoms with Gasteiger partial charge in [0.25, 0.3) is 9.06 Å². The second-order valence-electron chi connectivity index (χ2n) is 1.85. The number of pyridine rings is 1. The van der Waals surface area contributed by atoms with Gasteiger partial charge in [0, 0.05) is 6.20 Å². The highest BCUT2D eigenvalue weighted by molar-refractivity contribution is 9.02. The minimum absolute atomic E-state index is 0.291. The van der Waals surface area contributed by atoms with Crippen LogP contribution in [-0.2, 0) is 9.06 Å². The summed E-state index contributed by atoms with van der Waals surface area (Å²) in [6.07, 6.45) is 1.50. The van der Waals surface area contributed by atoms with Crippen molar-refractivity contribution in [2.24, 2.45) is 0 Å². The van der Waals surface area contributed by atoms with Crippen LogP contribution in [0.5, 0.6) is 0 Å². The average molecular weight is 222 g/mol. The predicted molar refractivity (Wildman–Crippen MR) is 53.4 cm³/mol. The molecule has 0 fully saturated rings. The van der Waals surface area contributed by atoms with Crippen LogP contribution in [0.4, 0.5) is 5.82 Å². The lowest BCUT2D eigenvalue weighted by molar-refractivity contribution is 0.615. The third-order valence-electron chi connectivity index (χ3n) is 0.993. The van der Waals surface area contributed by atoms with Crippen molar-refractivity contribution in [3.63, 3.8) is 0 Å². The molecule has 0 atom stereocenters. The minimum atomic E-state index is -3.40. The fourth-order valence-corrected chi connectivity index (χ4v) is 1.69. The first-order valence-electron chi connectivity index (χ1n) is 2.91. The highest BCUT2D eigenvalue weighted by Crippen LogP contribution is 2.18. The summed E-state index contributed by atoms with van der Waals surface area (Å²) >= 11 is 3.57. The van der Waals surface area contributed by atoms with Gasteiger partial charge >= 0.3 is 0 Å². The number of nitrogens with zero attached hydrogens (tertiary/aromatic N) is 1. The zero-order valence-electron chi connectivity index (χ0n) is 5.84. The molecule has 1 heterocycles. The molecular formula is C5H6N2O2S3. The van der Waals surface area contributed by atoms with Gasteiger partial charge < -0.3 is 0 Å². The maximum atomic E-state index is 10.9. The van der Waals surface area contributed by atoms with Crippen LogP contribution in [0.25, 0.3) is 0 Å². The molecule has 12 heavy (non-hydrogen) atoms. The monoisotopic (exact) mass is 222 g/mol. The summed E-state index contributed by atoms with van der Waals surface area (Å²) in [5, 5.41) is 0. The molecule has 0 amide bonds. The molecule has 1 aromatic heterocycles. The Morgan fingerprint density at radius 1 is 1.50 bits per heavy atom. The van der Waals surface area contributed by atoms with Gasteiger partial charge in [0.05, 0.1) is 9.83 Å². The van der Waals surface area contributed by atoms with Crippen molar-refractivity contribution in [3.05, 3.63) is 24.4 Å². The molecule has 0 aliphatic heterocycles.